The zero-order valence-corrected chi connectivity index (χ0v) is 16.3. The summed E-state index contributed by atoms with van der Waals surface area (Å²) in [6.45, 7) is 0.494. The first-order valence-electron chi connectivity index (χ1n) is 7.98. The largest absolute Gasteiger partial charge is 0.489 e. The van der Waals surface area contributed by atoms with E-state index in [9.17, 15) is 8.42 Å². The molecule has 0 unspecified atom stereocenters. The molecule has 0 bridgehead atoms. The second-order valence-electron chi connectivity index (χ2n) is 5.64. The molecule has 3 rings (SSSR count). The Morgan fingerprint density at radius 1 is 0.846 bits per heavy atom. The predicted octanol–water partition coefficient (Wildman–Crippen LogP) is 5.47. The van der Waals surface area contributed by atoms with Gasteiger partial charge in [0.2, 0.25) is 0 Å². The van der Waals surface area contributed by atoms with Crippen LogP contribution in [0.2, 0.25) is 0 Å². The number of hydrogen-bond acceptors (Lipinski definition) is 3. The number of benzene rings is 3. The van der Waals surface area contributed by atoms with Crippen molar-refractivity contribution in [3.8, 4) is 5.75 Å². The van der Waals surface area contributed by atoms with Crippen molar-refractivity contribution in [2.24, 2.45) is 0 Å². The minimum Gasteiger partial charge on any atom is -0.489 e. The molecule has 26 heavy (non-hydrogen) atoms. The van der Waals surface area contributed by atoms with Crippen molar-refractivity contribution < 1.29 is 13.2 Å². The Hall–Kier alpha value is -2.37. The highest BCUT2D eigenvalue weighted by molar-refractivity contribution is 9.10. The Kier molecular flexibility index (Phi) is 5.91. The molecule has 0 amide bonds. The van der Waals surface area contributed by atoms with E-state index in [1.54, 1.807) is 30.3 Å². The lowest BCUT2D eigenvalue weighted by Crippen LogP contribution is -1.96. The Bertz CT molecular complexity index is 978. The van der Waals surface area contributed by atoms with E-state index in [0.29, 0.717) is 6.61 Å². The van der Waals surface area contributed by atoms with Crippen LogP contribution < -0.4 is 4.74 Å². The van der Waals surface area contributed by atoms with Crippen molar-refractivity contribution in [2.45, 2.75) is 11.5 Å². The molecule has 0 saturated heterocycles. The van der Waals surface area contributed by atoms with E-state index in [2.05, 4.69) is 15.9 Å². The molecule has 0 fully saturated rings. The molecule has 3 nitrogen and oxygen atoms in total. The summed E-state index contributed by atoms with van der Waals surface area (Å²) >= 11 is 3.30. The number of halogens is 1. The monoisotopic (exact) mass is 428 g/mol. The van der Waals surface area contributed by atoms with Gasteiger partial charge in [0, 0.05) is 9.88 Å². The van der Waals surface area contributed by atoms with E-state index >= 15 is 0 Å². The second kappa shape index (κ2) is 8.34. The summed E-state index contributed by atoms with van der Waals surface area (Å²) in [6.07, 6.45) is 1.58. The number of rotatable bonds is 6. The fourth-order valence-electron chi connectivity index (χ4n) is 2.29. The second-order valence-corrected chi connectivity index (χ2v) is 8.39. The van der Waals surface area contributed by atoms with Gasteiger partial charge in [0.05, 0.1) is 4.90 Å². The van der Waals surface area contributed by atoms with Crippen molar-refractivity contribution in [3.63, 3.8) is 0 Å². The smallest absolute Gasteiger partial charge is 0.199 e. The van der Waals surface area contributed by atoms with E-state index in [1.807, 2.05) is 54.6 Å². The third kappa shape index (κ3) is 5.07. The van der Waals surface area contributed by atoms with Crippen LogP contribution in [-0.2, 0) is 16.4 Å². The summed E-state index contributed by atoms with van der Waals surface area (Å²) in [6, 6.07) is 23.8. The Balaban J connectivity index is 1.65. The van der Waals surface area contributed by atoms with Crippen LogP contribution in [0, 0.1) is 0 Å². The minimum atomic E-state index is -3.46. The molecule has 0 N–H and O–H groups in total. The SMILES string of the molecule is O=S(=O)(/C=C/c1ccc(OCc2ccccc2)cc1)c1ccc(Br)cc1. The minimum absolute atomic E-state index is 0.264. The molecule has 0 aliphatic heterocycles. The van der Waals surface area contributed by atoms with Crippen molar-refractivity contribution in [3.05, 3.63) is 99.9 Å². The van der Waals surface area contributed by atoms with Crippen LogP contribution in [0.5, 0.6) is 5.75 Å². The molecular weight excluding hydrogens is 412 g/mol. The van der Waals surface area contributed by atoms with Gasteiger partial charge in [-0.15, -0.1) is 0 Å². The first kappa shape index (κ1) is 18.4. The molecule has 5 heteroatoms. The molecule has 0 aromatic heterocycles. The van der Waals surface area contributed by atoms with Gasteiger partial charge in [-0.2, -0.15) is 0 Å². The maximum absolute atomic E-state index is 12.3. The summed E-state index contributed by atoms with van der Waals surface area (Å²) < 4.78 is 31.2. The van der Waals surface area contributed by atoms with Crippen LogP contribution in [0.4, 0.5) is 0 Å². The van der Waals surface area contributed by atoms with E-state index in [4.69, 9.17) is 4.74 Å². The summed E-state index contributed by atoms with van der Waals surface area (Å²) in [4.78, 5) is 0.264. The Morgan fingerprint density at radius 3 is 2.15 bits per heavy atom. The Morgan fingerprint density at radius 2 is 1.50 bits per heavy atom. The van der Waals surface area contributed by atoms with Crippen LogP contribution >= 0.6 is 15.9 Å². The highest BCUT2D eigenvalue weighted by Crippen LogP contribution is 2.19. The molecule has 0 saturated carbocycles. The highest BCUT2D eigenvalue weighted by Gasteiger charge is 2.09. The zero-order valence-electron chi connectivity index (χ0n) is 13.9. The van der Waals surface area contributed by atoms with Crippen molar-refractivity contribution >= 4 is 31.8 Å². The molecule has 0 atom stereocenters. The van der Waals surface area contributed by atoms with Gasteiger partial charge >= 0.3 is 0 Å². The van der Waals surface area contributed by atoms with Gasteiger partial charge in [-0.1, -0.05) is 58.4 Å². The third-order valence-electron chi connectivity index (χ3n) is 3.71. The number of ether oxygens (including phenoxy) is 1. The maximum Gasteiger partial charge on any atom is 0.199 e. The van der Waals surface area contributed by atoms with Crippen LogP contribution in [0.1, 0.15) is 11.1 Å². The molecule has 0 aliphatic rings. The summed E-state index contributed by atoms with van der Waals surface area (Å²) in [7, 11) is -3.46. The first-order chi connectivity index (χ1) is 12.5. The molecule has 0 aliphatic carbocycles. The summed E-state index contributed by atoms with van der Waals surface area (Å²) in [5.41, 5.74) is 1.88. The first-order valence-corrected chi connectivity index (χ1v) is 10.3. The predicted molar refractivity (Wildman–Crippen MR) is 108 cm³/mol. The molecule has 132 valence electrons. The van der Waals surface area contributed by atoms with Crippen LogP contribution in [-0.4, -0.2) is 8.42 Å². The van der Waals surface area contributed by atoms with Gasteiger partial charge in [0.15, 0.2) is 9.84 Å². The average Bonchev–Trinajstić information content (AvgIpc) is 2.67. The lowest BCUT2D eigenvalue weighted by atomic mass is 10.2. The Labute approximate surface area is 162 Å². The van der Waals surface area contributed by atoms with Gasteiger partial charge in [-0.25, -0.2) is 8.42 Å². The maximum atomic E-state index is 12.3. The van der Waals surface area contributed by atoms with Gasteiger partial charge in [0.25, 0.3) is 0 Å². The van der Waals surface area contributed by atoms with Crippen molar-refractivity contribution in [2.75, 3.05) is 0 Å². The third-order valence-corrected chi connectivity index (χ3v) is 5.66. The van der Waals surface area contributed by atoms with Crippen molar-refractivity contribution in [1.82, 2.24) is 0 Å². The quantitative estimate of drug-likeness (QED) is 0.522. The average molecular weight is 429 g/mol. The number of hydrogen-bond donors (Lipinski definition) is 0. The van der Waals surface area contributed by atoms with Gasteiger partial charge in [-0.3, -0.25) is 0 Å². The standard InChI is InChI=1S/C21H17BrO3S/c22-19-8-12-21(13-9-19)26(23,24)15-14-17-6-10-20(11-7-17)25-16-18-4-2-1-3-5-18/h1-15H,16H2/b15-14+. The fourth-order valence-corrected chi connectivity index (χ4v) is 3.56. The van der Waals surface area contributed by atoms with Crippen LogP contribution in [0.15, 0.2) is 93.6 Å². The van der Waals surface area contributed by atoms with Gasteiger partial charge < -0.3 is 4.74 Å². The number of sulfone groups is 1. The lowest BCUT2D eigenvalue weighted by Gasteiger charge is -2.06. The van der Waals surface area contributed by atoms with Crippen molar-refractivity contribution in [1.29, 1.82) is 0 Å². The zero-order chi connectivity index (χ0) is 18.4. The molecular formula is C21H17BrO3S. The lowest BCUT2D eigenvalue weighted by molar-refractivity contribution is 0.306. The molecule has 0 spiro atoms. The van der Waals surface area contributed by atoms with E-state index in [1.165, 1.54) is 5.41 Å². The molecule has 0 heterocycles. The normalized spacial score (nSPS) is 11.6. The van der Waals surface area contributed by atoms with E-state index in [-0.39, 0.29) is 4.90 Å². The summed E-state index contributed by atoms with van der Waals surface area (Å²) in [5, 5.41) is 1.22. The van der Waals surface area contributed by atoms with E-state index in [0.717, 1.165) is 21.3 Å². The molecule has 0 radical (unpaired) electrons. The molecule has 3 aromatic rings. The van der Waals surface area contributed by atoms with Crippen LogP contribution in [0.25, 0.3) is 6.08 Å². The van der Waals surface area contributed by atoms with Gasteiger partial charge in [0.1, 0.15) is 12.4 Å². The molecule has 3 aromatic carbocycles. The fraction of sp³-hybridized carbons (Fsp3) is 0.0476. The van der Waals surface area contributed by atoms with E-state index < -0.39 is 9.84 Å². The topological polar surface area (TPSA) is 43.4 Å². The van der Waals surface area contributed by atoms with Gasteiger partial charge in [-0.05, 0) is 53.6 Å². The van der Waals surface area contributed by atoms with Crippen LogP contribution in [0.3, 0.4) is 0 Å². The highest BCUT2D eigenvalue weighted by atomic mass is 79.9. The summed E-state index contributed by atoms with van der Waals surface area (Å²) in [5.74, 6) is 0.738.